The summed E-state index contributed by atoms with van der Waals surface area (Å²) < 4.78 is 24.9. The molecule has 0 amide bonds. The predicted octanol–water partition coefficient (Wildman–Crippen LogP) is 4.89. The Labute approximate surface area is 164 Å². The molecule has 5 heteroatoms. The molecule has 0 spiro atoms. The maximum Gasteiger partial charge on any atom is 0.242 e. The van der Waals surface area contributed by atoms with Crippen molar-refractivity contribution in [2.45, 2.75) is 63.5 Å². The van der Waals surface area contributed by atoms with Crippen molar-refractivity contribution in [3.8, 4) is 0 Å². The number of aliphatic hydroxyl groups excluding tert-OH is 2. The van der Waals surface area contributed by atoms with Crippen molar-refractivity contribution < 1.29 is 19.0 Å². The van der Waals surface area contributed by atoms with E-state index < -0.39 is 18.6 Å². The zero-order valence-corrected chi connectivity index (χ0v) is 16.3. The fraction of sp³-hybridized carbons (Fsp3) is 0.455. The van der Waals surface area contributed by atoms with Crippen LogP contribution in [-0.2, 0) is 25.1 Å². The van der Waals surface area contributed by atoms with E-state index in [4.69, 9.17) is 11.6 Å². The molecule has 0 saturated carbocycles. The highest BCUT2D eigenvalue weighted by Gasteiger charge is 2.11. The van der Waals surface area contributed by atoms with Gasteiger partial charge in [-0.25, -0.2) is 8.78 Å². The Morgan fingerprint density at radius 1 is 0.926 bits per heavy atom. The molecule has 0 heterocycles. The van der Waals surface area contributed by atoms with Gasteiger partial charge >= 0.3 is 0 Å². The lowest BCUT2D eigenvalue weighted by atomic mass is 9.95. The van der Waals surface area contributed by atoms with Gasteiger partial charge in [0.05, 0.1) is 12.2 Å². The first kappa shape index (κ1) is 21.8. The second kappa shape index (κ2) is 10.7. The molecule has 27 heavy (non-hydrogen) atoms. The van der Waals surface area contributed by atoms with Crippen LogP contribution in [0.5, 0.6) is 0 Å². The van der Waals surface area contributed by atoms with Gasteiger partial charge in [0.2, 0.25) is 6.43 Å². The summed E-state index contributed by atoms with van der Waals surface area (Å²) >= 11 is 6.04. The third-order valence-electron chi connectivity index (χ3n) is 4.60. The van der Waals surface area contributed by atoms with Crippen molar-refractivity contribution in [3.05, 3.63) is 70.3 Å². The highest BCUT2D eigenvalue weighted by Crippen LogP contribution is 2.20. The van der Waals surface area contributed by atoms with Crippen LogP contribution in [0.4, 0.5) is 8.78 Å². The molecule has 2 aromatic carbocycles. The van der Waals surface area contributed by atoms with Crippen molar-refractivity contribution in [1.82, 2.24) is 0 Å². The van der Waals surface area contributed by atoms with Gasteiger partial charge in [0.25, 0.3) is 0 Å². The summed E-state index contributed by atoms with van der Waals surface area (Å²) in [5.74, 6) is 0.407. The molecule has 2 aromatic rings. The topological polar surface area (TPSA) is 40.5 Å². The minimum atomic E-state index is -2.33. The number of halogens is 3. The van der Waals surface area contributed by atoms with Gasteiger partial charge in [0, 0.05) is 12.3 Å². The van der Waals surface area contributed by atoms with E-state index in [1.165, 1.54) is 0 Å². The zero-order valence-electron chi connectivity index (χ0n) is 15.5. The van der Waals surface area contributed by atoms with E-state index in [9.17, 15) is 19.0 Å². The number of aryl methyl sites for hydroxylation is 1. The number of aliphatic hydroxyl groups is 2. The molecule has 2 nitrogen and oxygen atoms in total. The lowest BCUT2D eigenvalue weighted by molar-refractivity contribution is 0.0854. The molecule has 0 bridgehead atoms. The molecule has 2 rings (SSSR count). The van der Waals surface area contributed by atoms with Crippen LogP contribution in [0.2, 0.25) is 0 Å². The van der Waals surface area contributed by atoms with Crippen LogP contribution in [-0.4, -0.2) is 28.8 Å². The first-order valence-corrected chi connectivity index (χ1v) is 9.79. The number of rotatable bonds is 10. The van der Waals surface area contributed by atoms with Crippen molar-refractivity contribution in [3.63, 3.8) is 0 Å². The zero-order chi connectivity index (χ0) is 19.8. The third-order valence-corrected chi connectivity index (χ3v) is 4.88. The Hall–Kier alpha value is -1.49. The van der Waals surface area contributed by atoms with E-state index in [0.717, 1.165) is 22.3 Å². The van der Waals surface area contributed by atoms with Gasteiger partial charge in [0.15, 0.2) is 0 Å². The number of benzene rings is 2. The summed E-state index contributed by atoms with van der Waals surface area (Å²) in [5, 5.41) is 19.4. The van der Waals surface area contributed by atoms with Crippen LogP contribution >= 0.6 is 11.6 Å². The number of hydrogen-bond donors (Lipinski definition) is 2. The van der Waals surface area contributed by atoms with Crippen LogP contribution in [0.25, 0.3) is 0 Å². The molecule has 2 atom stereocenters. The van der Waals surface area contributed by atoms with Crippen molar-refractivity contribution >= 4 is 11.6 Å². The van der Waals surface area contributed by atoms with Gasteiger partial charge in [-0.3, -0.25) is 0 Å². The molecule has 0 saturated heterocycles. The van der Waals surface area contributed by atoms with E-state index >= 15 is 0 Å². The Kier molecular flexibility index (Phi) is 8.68. The molecular formula is C22H27ClF2O2. The second-order valence-corrected chi connectivity index (χ2v) is 7.37. The first-order chi connectivity index (χ1) is 12.9. The minimum Gasteiger partial charge on any atom is -0.393 e. The summed E-state index contributed by atoms with van der Waals surface area (Å²) in [6.07, 6.45) is -1.28. The Bertz CT molecular complexity index is 702. The van der Waals surface area contributed by atoms with Gasteiger partial charge < -0.3 is 10.2 Å². The molecule has 0 aliphatic carbocycles. The van der Waals surface area contributed by atoms with Gasteiger partial charge in [-0.15, -0.1) is 11.6 Å². The Balaban J connectivity index is 2.05. The van der Waals surface area contributed by atoms with Gasteiger partial charge in [-0.05, 0) is 60.4 Å². The second-order valence-electron chi connectivity index (χ2n) is 7.10. The highest BCUT2D eigenvalue weighted by atomic mass is 35.5. The van der Waals surface area contributed by atoms with E-state index in [1.807, 2.05) is 24.3 Å². The fourth-order valence-electron chi connectivity index (χ4n) is 3.19. The van der Waals surface area contributed by atoms with Crippen molar-refractivity contribution in [1.29, 1.82) is 0 Å². The molecular weight excluding hydrogens is 370 g/mol. The van der Waals surface area contributed by atoms with E-state index in [0.29, 0.717) is 37.1 Å². The standard InChI is InChI=1S/C22H27ClF2O2/c1-15(26)10-21(27)9-8-19-12-18(6-7-20(19)14-23)11-16-2-4-17(5-3-16)13-22(24)25/h2-7,12,15,21-22,26-27H,8-11,13-14H2,1H3. The van der Waals surface area contributed by atoms with Crippen molar-refractivity contribution in [2.24, 2.45) is 0 Å². The summed E-state index contributed by atoms with van der Waals surface area (Å²) in [7, 11) is 0. The molecule has 0 aromatic heterocycles. The maximum atomic E-state index is 12.4. The summed E-state index contributed by atoms with van der Waals surface area (Å²) in [6, 6.07) is 13.4. The SMILES string of the molecule is CC(O)CC(O)CCc1cc(Cc2ccc(CC(F)F)cc2)ccc1CCl. The fourth-order valence-corrected chi connectivity index (χ4v) is 3.45. The average molecular weight is 397 g/mol. The minimum absolute atomic E-state index is 0.219. The normalized spacial score (nSPS) is 13.7. The van der Waals surface area contributed by atoms with E-state index in [2.05, 4.69) is 6.07 Å². The molecule has 0 aliphatic heterocycles. The predicted molar refractivity (Wildman–Crippen MR) is 106 cm³/mol. The van der Waals surface area contributed by atoms with Crippen LogP contribution in [0.3, 0.4) is 0 Å². The van der Waals surface area contributed by atoms with Crippen LogP contribution in [0.15, 0.2) is 42.5 Å². The summed E-state index contributed by atoms with van der Waals surface area (Å²) in [4.78, 5) is 0. The quantitative estimate of drug-likeness (QED) is 0.561. The van der Waals surface area contributed by atoms with Crippen LogP contribution in [0.1, 0.15) is 47.6 Å². The third kappa shape index (κ3) is 7.57. The monoisotopic (exact) mass is 396 g/mol. The smallest absolute Gasteiger partial charge is 0.242 e. The lowest BCUT2D eigenvalue weighted by Crippen LogP contribution is -2.15. The summed E-state index contributed by atoms with van der Waals surface area (Å²) in [6.45, 7) is 1.67. The van der Waals surface area contributed by atoms with Gasteiger partial charge in [-0.1, -0.05) is 42.5 Å². The van der Waals surface area contributed by atoms with Crippen molar-refractivity contribution in [2.75, 3.05) is 0 Å². The molecule has 2 N–H and O–H groups in total. The lowest BCUT2D eigenvalue weighted by Gasteiger charge is -2.15. The van der Waals surface area contributed by atoms with Crippen LogP contribution < -0.4 is 0 Å². The van der Waals surface area contributed by atoms with Gasteiger partial charge in [-0.2, -0.15) is 0 Å². The molecule has 2 unspecified atom stereocenters. The maximum absolute atomic E-state index is 12.4. The molecule has 0 fully saturated rings. The van der Waals surface area contributed by atoms with E-state index in [-0.39, 0.29) is 6.42 Å². The highest BCUT2D eigenvalue weighted by molar-refractivity contribution is 6.17. The largest absolute Gasteiger partial charge is 0.393 e. The average Bonchev–Trinajstić information content (AvgIpc) is 2.61. The first-order valence-electron chi connectivity index (χ1n) is 9.26. The Morgan fingerprint density at radius 3 is 2.15 bits per heavy atom. The number of hydrogen-bond acceptors (Lipinski definition) is 2. The Morgan fingerprint density at radius 2 is 1.56 bits per heavy atom. The molecule has 148 valence electrons. The summed E-state index contributed by atoms with van der Waals surface area (Å²) in [5.41, 5.74) is 4.95. The van der Waals surface area contributed by atoms with Gasteiger partial charge in [0.1, 0.15) is 0 Å². The molecule has 0 aliphatic rings. The van der Waals surface area contributed by atoms with E-state index in [1.54, 1.807) is 19.1 Å². The molecule has 0 radical (unpaired) electrons. The number of alkyl halides is 3. The van der Waals surface area contributed by atoms with Crippen LogP contribution in [0, 0.1) is 0 Å².